The van der Waals surface area contributed by atoms with Gasteiger partial charge in [0.1, 0.15) is 0 Å². The summed E-state index contributed by atoms with van der Waals surface area (Å²) < 4.78 is 0. The van der Waals surface area contributed by atoms with Crippen molar-refractivity contribution in [2.75, 3.05) is 38.5 Å². The third kappa shape index (κ3) is 5.49. The SMILES string of the molecule is CN1CCN(C(=O)c2cccc(NC(=O)/C=C/c3ccc([N+](=O)[O-])cc3)c2)CC1. The van der Waals surface area contributed by atoms with Crippen molar-refractivity contribution in [3.63, 3.8) is 0 Å². The molecule has 150 valence electrons. The summed E-state index contributed by atoms with van der Waals surface area (Å²) in [5.74, 6) is -0.400. The van der Waals surface area contributed by atoms with Gasteiger partial charge in [-0.3, -0.25) is 19.7 Å². The Labute approximate surface area is 168 Å². The van der Waals surface area contributed by atoms with Crippen LogP contribution in [0.4, 0.5) is 11.4 Å². The van der Waals surface area contributed by atoms with Gasteiger partial charge in [0.25, 0.3) is 11.6 Å². The number of anilines is 1. The van der Waals surface area contributed by atoms with Gasteiger partial charge in [-0.25, -0.2) is 0 Å². The third-order valence-electron chi connectivity index (χ3n) is 4.70. The molecule has 3 rings (SSSR count). The van der Waals surface area contributed by atoms with Gasteiger partial charge in [0.05, 0.1) is 4.92 Å². The summed E-state index contributed by atoms with van der Waals surface area (Å²) in [4.78, 5) is 39.0. The lowest BCUT2D eigenvalue weighted by Gasteiger charge is -2.32. The van der Waals surface area contributed by atoms with Gasteiger partial charge in [-0.05, 0) is 49.0 Å². The molecule has 0 saturated carbocycles. The number of rotatable bonds is 5. The van der Waals surface area contributed by atoms with Crippen molar-refractivity contribution in [1.82, 2.24) is 9.80 Å². The van der Waals surface area contributed by atoms with Crippen LogP contribution in [0.5, 0.6) is 0 Å². The molecule has 0 aromatic heterocycles. The Kier molecular flexibility index (Phi) is 6.36. The van der Waals surface area contributed by atoms with Crippen LogP contribution in [0.3, 0.4) is 0 Å². The van der Waals surface area contributed by atoms with E-state index >= 15 is 0 Å². The van der Waals surface area contributed by atoms with E-state index in [0.717, 1.165) is 13.1 Å². The Morgan fingerprint density at radius 3 is 2.41 bits per heavy atom. The van der Waals surface area contributed by atoms with Gasteiger partial charge in [0.15, 0.2) is 0 Å². The molecule has 0 bridgehead atoms. The summed E-state index contributed by atoms with van der Waals surface area (Å²) in [6.07, 6.45) is 2.91. The molecule has 0 atom stereocenters. The van der Waals surface area contributed by atoms with Crippen molar-refractivity contribution in [3.8, 4) is 0 Å². The first kappa shape index (κ1) is 20.2. The van der Waals surface area contributed by atoms with E-state index in [-0.39, 0.29) is 17.5 Å². The average molecular weight is 394 g/mol. The zero-order chi connectivity index (χ0) is 20.8. The van der Waals surface area contributed by atoms with Crippen LogP contribution in [0.1, 0.15) is 15.9 Å². The Balaban J connectivity index is 1.61. The van der Waals surface area contributed by atoms with E-state index < -0.39 is 4.92 Å². The van der Waals surface area contributed by atoms with E-state index in [2.05, 4.69) is 10.2 Å². The molecule has 0 spiro atoms. The molecule has 0 unspecified atom stereocenters. The van der Waals surface area contributed by atoms with E-state index in [9.17, 15) is 19.7 Å². The lowest BCUT2D eigenvalue weighted by molar-refractivity contribution is -0.384. The van der Waals surface area contributed by atoms with E-state index in [0.29, 0.717) is 29.9 Å². The second-order valence-corrected chi connectivity index (χ2v) is 6.85. The molecule has 0 aliphatic carbocycles. The van der Waals surface area contributed by atoms with Crippen LogP contribution >= 0.6 is 0 Å². The van der Waals surface area contributed by atoms with Crippen molar-refractivity contribution < 1.29 is 14.5 Å². The van der Waals surface area contributed by atoms with Crippen molar-refractivity contribution in [2.45, 2.75) is 0 Å². The summed E-state index contributed by atoms with van der Waals surface area (Å²) in [5.41, 5.74) is 1.73. The van der Waals surface area contributed by atoms with Crippen LogP contribution in [0, 0.1) is 10.1 Å². The predicted molar refractivity (Wildman–Crippen MR) is 111 cm³/mol. The summed E-state index contributed by atoms with van der Waals surface area (Å²) in [6, 6.07) is 12.8. The maximum atomic E-state index is 12.7. The first-order valence-corrected chi connectivity index (χ1v) is 9.24. The molecule has 1 N–H and O–H groups in total. The number of nitro benzene ring substituents is 1. The average Bonchev–Trinajstić information content (AvgIpc) is 2.73. The minimum Gasteiger partial charge on any atom is -0.336 e. The molecule has 0 radical (unpaired) electrons. The zero-order valence-electron chi connectivity index (χ0n) is 16.1. The van der Waals surface area contributed by atoms with Gasteiger partial charge in [0, 0.05) is 55.6 Å². The molecule has 1 fully saturated rings. The lowest BCUT2D eigenvalue weighted by Crippen LogP contribution is -2.47. The van der Waals surface area contributed by atoms with Crippen LogP contribution in [0.15, 0.2) is 54.6 Å². The molecule has 1 aliphatic heterocycles. The highest BCUT2D eigenvalue weighted by molar-refractivity contribution is 6.03. The number of hydrogen-bond donors (Lipinski definition) is 1. The van der Waals surface area contributed by atoms with Gasteiger partial charge in [-0.2, -0.15) is 0 Å². The fraction of sp³-hybridized carbons (Fsp3) is 0.238. The molecule has 8 nitrogen and oxygen atoms in total. The highest BCUT2D eigenvalue weighted by Crippen LogP contribution is 2.15. The van der Waals surface area contributed by atoms with E-state index in [1.807, 2.05) is 11.9 Å². The van der Waals surface area contributed by atoms with Crippen LogP contribution in [0.2, 0.25) is 0 Å². The van der Waals surface area contributed by atoms with Gasteiger partial charge in [-0.15, -0.1) is 0 Å². The number of benzene rings is 2. The van der Waals surface area contributed by atoms with Crippen molar-refractivity contribution in [3.05, 3.63) is 75.8 Å². The van der Waals surface area contributed by atoms with Gasteiger partial charge >= 0.3 is 0 Å². The number of carbonyl (C=O) groups excluding carboxylic acids is 2. The minimum atomic E-state index is -0.476. The van der Waals surface area contributed by atoms with E-state index in [1.165, 1.54) is 18.2 Å². The van der Waals surface area contributed by atoms with Crippen LogP contribution in [0.25, 0.3) is 6.08 Å². The quantitative estimate of drug-likeness (QED) is 0.478. The molecule has 8 heteroatoms. The predicted octanol–water partition coefficient (Wildman–Crippen LogP) is 2.63. The Morgan fingerprint density at radius 2 is 1.76 bits per heavy atom. The normalized spacial score (nSPS) is 14.7. The summed E-state index contributed by atoms with van der Waals surface area (Å²) >= 11 is 0. The molecule has 1 saturated heterocycles. The van der Waals surface area contributed by atoms with Crippen molar-refractivity contribution >= 4 is 29.3 Å². The fourth-order valence-electron chi connectivity index (χ4n) is 2.99. The molecule has 1 aliphatic rings. The minimum absolute atomic E-state index is 0.00608. The zero-order valence-corrected chi connectivity index (χ0v) is 16.1. The molecular weight excluding hydrogens is 372 g/mol. The van der Waals surface area contributed by atoms with Crippen molar-refractivity contribution in [2.24, 2.45) is 0 Å². The number of hydrogen-bond acceptors (Lipinski definition) is 5. The maximum Gasteiger partial charge on any atom is 0.269 e. The number of nitro groups is 1. The number of amides is 2. The first-order chi connectivity index (χ1) is 13.9. The number of nitrogens with one attached hydrogen (secondary N) is 1. The largest absolute Gasteiger partial charge is 0.336 e. The van der Waals surface area contributed by atoms with Crippen LogP contribution < -0.4 is 5.32 Å². The number of carbonyl (C=O) groups is 2. The Hall–Kier alpha value is -3.52. The number of non-ortho nitro benzene ring substituents is 1. The Bertz CT molecular complexity index is 932. The second-order valence-electron chi connectivity index (χ2n) is 6.85. The van der Waals surface area contributed by atoms with E-state index in [1.54, 1.807) is 42.5 Å². The topological polar surface area (TPSA) is 95.8 Å². The molecule has 2 aromatic rings. The third-order valence-corrected chi connectivity index (χ3v) is 4.70. The lowest BCUT2D eigenvalue weighted by atomic mass is 10.1. The molecular formula is C21H22N4O4. The molecule has 2 aromatic carbocycles. The summed E-state index contributed by atoms with van der Waals surface area (Å²) in [6.45, 7) is 3.05. The first-order valence-electron chi connectivity index (χ1n) is 9.24. The van der Waals surface area contributed by atoms with Gasteiger partial charge in [0.2, 0.25) is 5.91 Å². The van der Waals surface area contributed by atoms with Crippen molar-refractivity contribution in [1.29, 1.82) is 0 Å². The molecule has 2 amide bonds. The van der Waals surface area contributed by atoms with Gasteiger partial charge in [-0.1, -0.05) is 6.07 Å². The van der Waals surface area contributed by atoms with E-state index in [4.69, 9.17) is 0 Å². The van der Waals surface area contributed by atoms with Crippen LogP contribution in [-0.2, 0) is 4.79 Å². The highest BCUT2D eigenvalue weighted by atomic mass is 16.6. The maximum absolute atomic E-state index is 12.7. The molecule has 29 heavy (non-hydrogen) atoms. The number of likely N-dealkylation sites (N-methyl/N-ethyl adjacent to an activating group) is 1. The van der Waals surface area contributed by atoms with Gasteiger partial charge < -0.3 is 15.1 Å². The monoisotopic (exact) mass is 394 g/mol. The number of piperazine rings is 1. The summed E-state index contributed by atoms with van der Waals surface area (Å²) in [5, 5.41) is 13.4. The summed E-state index contributed by atoms with van der Waals surface area (Å²) in [7, 11) is 2.03. The fourth-order valence-corrected chi connectivity index (χ4v) is 2.99. The molecule has 1 heterocycles. The number of nitrogens with zero attached hydrogens (tertiary/aromatic N) is 3. The smallest absolute Gasteiger partial charge is 0.269 e. The second kappa shape index (κ2) is 9.11. The Morgan fingerprint density at radius 1 is 1.07 bits per heavy atom. The van der Waals surface area contributed by atoms with Crippen LogP contribution in [-0.4, -0.2) is 59.8 Å². The highest BCUT2D eigenvalue weighted by Gasteiger charge is 2.20. The standard InChI is InChI=1S/C21H22N4O4/c1-23-11-13-24(14-12-23)21(27)17-3-2-4-18(15-17)22-20(26)10-7-16-5-8-19(9-6-16)25(28)29/h2-10,15H,11-14H2,1H3,(H,22,26)/b10-7+.